The summed E-state index contributed by atoms with van der Waals surface area (Å²) in [7, 11) is 1.62. The van der Waals surface area contributed by atoms with Crippen molar-refractivity contribution in [2.24, 2.45) is 0 Å². The number of aromatic amines is 1. The van der Waals surface area contributed by atoms with Crippen LogP contribution in [0.25, 0.3) is 10.9 Å². The fourth-order valence-corrected chi connectivity index (χ4v) is 5.90. The van der Waals surface area contributed by atoms with Crippen LogP contribution < -0.4 is 10.1 Å². The average molecular weight is 509 g/mol. The molecule has 0 aliphatic carbocycles. The van der Waals surface area contributed by atoms with Crippen molar-refractivity contribution >= 4 is 22.8 Å². The van der Waals surface area contributed by atoms with Gasteiger partial charge in [-0.15, -0.1) is 0 Å². The molecular formula is C28H33FN4O4. The van der Waals surface area contributed by atoms with Crippen molar-refractivity contribution in [1.29, 1.82) is 0 Å². The van der Waals surface area contributed by atoms with Gasteiger partial charge in [0.1, 0.15) is 11.6 Å². The number of piperidine rings is 1. The van der Waals surface area contributed by atoms with Crippen LogP contribution in [0.1, 0.15) is 53.8 Å². The number of benzene rings is 2. The number of likely N-dealkylation sites (tertiary alicyclic amines) is 1. The van der Waals surface area contributed by atoms with Gasteiger partial charge in [-0.05, 0) is 55.2 Å². The van der Waals surface area contributed by atoms with Crippen LogP contribution in [0, 0.1) is 5.82 Å². The third kappa shape index (κ3) is 4.41. The highest BCUT2D eigenvalue weighted by molar-refractivity contribution is 5.94. The van der Waals surface area contributed by atoms with E-state index in [1.54, 1.807) is 29.0 Å². The molecule has 1 aromatic heterocycles. The molecule has 0 unspecified atom stereocenters. The van der Waals surface area contributed by atoms with Crippen molar-refractivity contribution in [2.45, 2.75) is 37.6 Å². The van der Waals surface area contributed by atoms with E-state index in [4.69, 9.17) is 4.74 Å². The van der Waals surface area contributed by atoms with Crippen molar-refractivity contribution in [3.8, 4) is 5.75 Å². The van der Waals surface area contributed by atoms with Gasteiger partial charge < -0.3 is 29.9 Å². The Labute approximate surface area is 215 Å². The van der Waals surface area contributed by atoms with Crippen LogP contribution in [0.4, 0.5) is 9.18 Å². The summed E-state index contributed by atoms with van der Waals surface area (Å²) in [6.07, 6.45) is 2.08. The first-order valence-corrected chi connectivity index (χ1v) is 12.8. The molecule has 1 spiro atoms. The molecule has 3 aromatic rings. The first-order valence-electron chi connectivity index (χ1n) is 12.8. The number of ether oxygens (including phenoxy) is 1. The molecule has 37 heavy (non-hydrogen) atoms. The van der Waals surface area contributed by atoms with Crippen LogP contribution in [0.5, 0.6) is 5.75 Å². The lowest BCUT2D eigenvalue weighted by Crippen LogP contribution is -2.57. The largest absolute Gasteiger partial charge is 0.497 e. The Bertz CT molecular complexity index is 1310. The molecule has 3 N–H and O–H groups in total. The summed E-state index contributed by atoms with van der Waals surface area (Å²) in [5.74, 6) is 0.0860. The number of methoxy groups -OCH3 is 1. The number of carbonyl (C=O) groups is 2. The Morgan fingerprint density at radius 2 is 2.00 bits per heavy atom. The molecule has 3 amide bonds. The number of fused-ring (bicyclic) bond motifs is 4. The fourth-order valence-electron chi connectivity index (χ4n) is 5.90. The molecule has 9 heteroatoms. The molecule has 8 nitrogen and oxygen atoms in total. The minimum atomic E-state index is -0.511. The van der Waals surface area contributed by atoms with E-state index in [9.17, 15) is 19.1 Å². The average Bonchev–Trinajstić information content (AvgIpc) is 3.31. The highest BCUT2D eigenvalue weighted by atomic mass is 19.1. The number of aliphatic hydroxyl groups is 1. The molecule has 2 aromatic carbocycles. The number of aromatic nitrogens is 1. The normalized spacial score (nSPS) is 18.6. The Balaban J connectivity index is 1.53. The number of urea groups is 1. The van der Waals surface area contributed by atoms with E-state index >= 15 is 0 Å². The number of nitrogens with zero attached hydrogens (tertiary/aromatic N) is 2. The summed E-state index contributed by atoms with van der Waals surface area (Å²) in [5.41, 5.74) is 2.74. The van der Waals surface area contributed by atoms with Crippen molar-refractivity contribution in [1.82, 2.24) is 20.1 Å². The minimum Gasteiger partial charge on any atom is -0.497 e. The predicted molar refractivity (Wildman–Crippen MR) is 138 cm³/mol. The third-order valence-corrected chi connectivity index (χ3v) is 7.79. The molecule has 1 atom stereocenters. The van der Waals surface area contributed by atoms with E-state index in [0.717, 1.165) is 28.6 Å². The molecule has 0 radical (unpaired) electrons. The first kappa shape index (κ1) is 25.1. The number of aliphatic hydroxyl groups excluding tert-OH is 1. The maximum absolute atomic E-state index is 13.7. The minimum absolute atomic E-state index is 0.195. The summed E-state index contributed by atoms with van der Waals surface area (Å²) in [5, 5.41) is 14.4. The number of carbonyl (C=O) groups excluding carboxylic acids is 2. The second kappa shape index (κ2) is 10.0. The monoisotopic (exact) mass is 508 g/mol. The fraction of sp³-hybridized carbons (Fsp3) is 0.429. The van der Waals surface area contributed by atoms with Gasteiger partial charge in [-0.3, -0.25) is 4.79 Å². The Hall–Kier alpha value is -3.59. The van der Waals surface area contributed by atoms with E-state index in [1.807, 2.05) is 25.1 Å². The zero-order chi connectivity index (χ0) is 26.2. The van der Waals surface area contributed by atoms with Crippen LogP contribution in [-0.2, 0) is 5.41 Å². The zero-order valence-electron chi connectivity index (χ0n) is 21.2. The second-order valence-electron chi connectivity index (χ2n) is 9.97. The summed E-state index contributed by atoms with van der Waals surface area (Å²) in [4.78, 5) is 33.3. The molecule has 0 saturated carbocycles. The van der Waals surface area contributed by atoms with Gasteiger partial charge in [0.05, 0.1) is 19.8 Å². The van der Waals surface area contributed by atoms with Crippen molar-refractivity contribution < 1.29 is 23.8 Å². The Morgan fingerprint density at radius 1 is 1.22 bits per heavy atom. The van der Waals surface area contributed by atoms with E-state index in [1.165, 1.54) is 12.1 Å². The summed E-state index contributed by atoms with van der Waals surface area (Å²) >= 11 is 0. The van der Waals surface area contributed by atoms with Gasteiger partial charge in [0.25, 0.3) is 5.91 Å². The number of hydrogen-bond donors (Lipinski definition) is 3. The molecule has 2 aliphatic rings. The zero-order valence-corrected chi connectivity index (χ0v) is 21.2. The lowest BCUT2D eigenvalue weighted by atomic mass is 9.68. The number of rotatable bonds is 5. The van der Waals surface area contributed by atoms with Crippen molar-refractivity contribution in [3.05, 3.63) is 65.1 Å². The van der Waals surface area contributed by atoms with Gasteiger partial charge in [0.15, 0.2) is 0 Å². The van der Waals surface area contributed by atoms with Crippen LogP contribution >= 0.6 is 0 Å². The molecule has 2 aliphatic heterocycles. The molecule has 5 rings (SSSR count). The van der Waals surface area contributed by atoms with Crippen molar-refractivity contribution in [2.75, 3.05) is 39.9 Å². The second-order valence-corrected chi connectivity index (χ2v) is 9.97. The maximum Gasteiger partial charge on any atom is 0.318 e. The predicted octanol–water partition coefficient (Wildman–Crippen LogP) is 3.96. The van der Waals surface area contributed by atoms with Crippen LogP contribution in [0.3, 0.4) is 0 Å². The van der Waals surface area contributed by atoms with Gasteiger partial charge in [0, 0.05) is 59.8 Å². The smallest absolute Gasteiger partial charge is 0.318 e. The summed E-state index contributed by atoms with van der Waals surface area (Å²) in [6, 6.07) is 10.9. The van der Waals surface area contributed by atoms with Crippen LogP contribution in [0.2, 0.25) is 0 Å². The number of nitrogens with one attached hydrogen (secondary N) is 2. The molecule has 1 saturated heterocycles. The summed E-state index contributed by atoms with van der Waals surface area (Å²) < 4.78 is 19.2. The van der Waals surface area contributed by atoms with Gasteiger partial charge in [-0.25, -0.2) is 9.18 Å². The van der Waals surface area contributed by atoms with E-state index in [2.05, 4.69) is 10.3 Å². The first-order chi connectivity index (χ1) is 17.9. The highest BCUT2D eigenvalue weighted by Crippen LogP contribution is 2.49. The van der Waals surface area contributed by atoms with Crippen LogP contribution in [0.15, 0.2) is 42.5 Å². The van der Waals surface area contributed by atoms with Gasteiger partial charge >= 0.3 is 6.03 Å². The standard InChI is InChI=1S/C28H33FN4O4/c1-3-11-30-27(36)33-17-28(9-12-32(13-10-28)26(35)18-5-4-6-19(29)14-18)24-21-8-7-20(37-2)15-22(21)31-25(24)23(33)16-34/h4-8,14-15,23,31,34H,3,9-13,16-17H2,1-2H3,(H,30,36)/t23-/m0/s1. The van der Waals surface area contributed by atoms with E-state index < -0.39 is 17.3 Å². The van der Waals surface area contributed by atoms with Gasteiger partial charge in [-0.2, -0.15) is 0 Å². The molecular weight excluding hydrogens is 475 g/mol. The van der Waals surface area contributed by atoms with E-state index in [0.29, 0.717) is 50.3 Å². The third-order valence-electron chi connectivity index (χ3n) is 7.79. The number of H-pyrrole nitrogens is 1. The highest BCUT2D eigenvalue weighted by Gasteiger charge is 2.49. The van der Waals surface area contributed by atoms with Crippen LogP contribution in [-0.4, -0.2) is 71.7 Å². The lowest BCUT2D eigenvalue weighted by Gasteiger charge is -2.50. The molecule has 1 fully saturated rings. The van der Waals surface area contributed by atoms with Gasteiger partial charge in [0.2, 0.25) is 0 Å². The molecule has 0 bridgehead atoms. The lowest BCUT2D eigenvalue weighted by molar-refractivity contribution is 0.0527. The number of halogens is 1. The van der Waals surface area contributed by atoms with E-state index in [-0.39, 0.29) is 18.5 Å². The molecule has 3 heterocycles. The number of amides is 3. The topological polar surface area (TPSA) is 97.9 Å². The number of hydrogen-bond acceptors (Lipinski definition) is 4. The maximum atomic E-state index is 13.7. The molecule has 196 valence electrons. The van der Waals surface area contributed by atoms with Gasteiger partial charge in [-0.1, -0.05) is 13.0 Å². The quantitative estimate of drug-likeness (QED) is 0.486. The summed E-state index contributed by atoms with van der Waals surface area (Å²) in [6.45, 7) is 3.72. The van der Waals surface area contributed by atoms with Crippen molar-refractivity contribution in [3.63, 3.8) is 0 Å². The Morgan fingerprint density at radius 3 is 2.68 bits per heavy atom. The SMILES string of the molecule is CCCNC(=O)N1CC2(CCN(C(=O)c3cccc(F)c3)CC2)c2c([nH]c3cc(OC)ccc23)[C@@H]1CO. The Kier molecular flexibility index (Phi) is 6.81.